The van der Waals surface area contributed by atoms with E-state index >= 15 is 0 Å². The summed E-state index contributed by atoms with van der Waals surface area (Å²) < 4.78 is 173. The van der Waals surface area contributed by atoms with Crippen molar-refractivity contribution in [2.45, 2.75) is 148 Å². The minimum absolute atomic E-state index is 0.0954. The summed E-state index contributed by atoms with van der Waals surface area (Å²) in [4.78, 5) is 37.4. The van der Waals surface area contributed by atoms with Crippen LogP contribution in [0.3, 0.4) is 0 Å². The maximum absolute atomic E-state index is 12.8. The Labute approximate surface area is 568 Å². The monoisotopic (exact) mass is 1420 g/mol. The minimum Gasteiger partial charge on any atom is -0.495 e. The number of aryl methyl sites for hydroxylation is 3. The number of methoxy groups -OCH3 is 4. The number of nitrogens with zero attached hydrogens (tertiary/aromatic N) is 4. The minimum atomic E-state index is -4.10. The average Bonchev–Trinajstić information content (AvgIpc) is 1.03. The Kier molecular flexibility index (Phi) is 32.6. The van der Waals surface area contributed by atoms with Gasteiger partial charge in [-0.1, -0.05) is 85.0 Å². The summed E-state index contributed by atoms with van der Waals surface area (Å²) in [5.74, 6) is -1.19. The lowest BCUT2D eigenvalue weighted by Gasteiger charge is -2.28. The summed E-state index contributed by atoms with van der Waals surface area (Å²) in [5.41, 5.74) is 10.8. The van der Waals surface area contributed by atoms with E-state index in [-0.39, 0.29) is 80.9 Å². The van der Waals surface area contributed by atoms with Crippen LogP contribution >= 0.6 is 34.8 Å². The van der Waals surface area contributed by atoms with Gasteiger partial charge in [0.05, 0.1) is 75.4 Å². The van der Waals surface area contributed by atoms with Crippen LogP contribution in [0.15, 0.2) is 80.1 Å². The van der Waals surface area contributed by atoms with Crippen molar-refractivity contribution >= 4 is 81.9 Å². The number of carbonyl (C=O) groups is 2. The van der Waals surface area contributed by atoms with E-state index in [1.54, 1.807) is 59.3 Å². The highest BCUT2D eigenvalue weighted by Crippen LogP contribution is 2.44. The molecule has 4 aliphatic carbocycles. The van der Waals surface area contributed by atoms with Gasteiger partial charge in [0.1, 0.15) is 44.9 Å². The van der Waals surface area contributed by atoms with Crippen molar-refractivity contribution in [2.75, 3.05) is 39.5 Å². The number of nitrogens with two attached hydrogens (primary N) is 1. The first-order chi connectivity index (χ1) is 45.0. The number of hydrogen-bond donors (Lipinski definition) is 2. The van der Waals surface area contributed by atoms with Crippen molar-refractivity contribution in [2.24, 2.45) is 47.3 Å². The summed E-state index contributed by atoms with van der Waals surface area (Å²) >= 11 is 16.5. The molecule has 27 heteroatoms. The molecule has 0 radical (unpaired) electrons. The van der Waals surface area contributed by atoms with Crippen molar-refractivity contribution in [3.8, 4) is 23.0 Å². The molecule has 3 N–H and O–H groups in total. The zero-order chi connectivity index (χ0) is 71.7. The molecule has 4 aromatic rings. The van der Waals surface area contributed by atoms with Crippen LogP contribution in [0.1, 0.15) is 142 Å². The van der Waals surface area contributed by atoms with Gasteiger partial charge in [-0.05, 0) is 195 Å². The topological polar surface area (TPSA) is 161 Å². The van der Waals surface area contributed by atoms with Crippen molar-refractivity contribution in [1.82, 2.24) is 19.9 Å². The number of anilines is 2. The van der Waals surface area contributed by atoms with Crippen LogP contribution < -0.4 is 30.0 Å². The average molecular weight is 1430 g/mol. The maximum atomic E-state index is 12.8. The summed E-state index contributed by atoms with van der Waals surface area (Å²) in [7, 11) is 6.19. The second-order valence-electron chi connectivity index (χ2n) is 23.6. The highest BCUT2D eigenvalue weighted by Gasteiger charge is 2.44. The molecule has 0 bridgehead atoms. The molecule has 0 aromatic carbocycles. The number of allylic oxidation sites excluding steroid dienone is 5. The second kappa shape index (κ2) is 38.4. The normalized spacial score (nSPS) is 21.6. The number of pyridine rings is 4. The van der Waals surface area contributed by atoms with Crippen LogP contribution in [-0.2, 0) is 9.59 Å². The Balaban J connectivity index is 0.000000266. The van der Waals surface area contributed by atoms with E-state index in [2.05, 4.69) is 38.4 Å². The fourth-order valence-electron chi connectivity index (χ4n) is 11.7. The number of hydrogen-bond acceptors (Lipinski definition) is 11. The molecule has 4 aromatic heterocycles. The summed E-state index contributed by atoms with van der Waals surface area (Å²) in [6, 6.07) is 6.76. The van der Waals surface area contributed by atoms with Crippen LogP contribution in [0.25, 0.3) is 24.3 Å². The van der Waals surface area contributed by atoms with Gasteiger partial charge >= 0.3 is 24.7 Å². The van der Waals surface area contributed by atoms with Crippen molar-refractivity contribution in [1.29, 1.82) is 0 Å². The lowest BCUT2D eigenvalue weighted by molar-refractivity contribution is -0.183. The number of alkyl halides is 12. The predicted octanol–water partition coefficient (Wildman–Crippen LogP) is 20.8. The molecule has 0 unspecified atom stereocenters. The van der Waals surface area contributed by atoms with Gasteiger partial charge < -0.3 is 30.0 Å². The van der Waals surface area contributed by atoms with Gasteiger partial charge in [0.2, 0.25) is 11.1 Å². The van der Waals surface area contributed by atoms with E-state index in [9.17, 15) is 62.3 Å². The number of ether oxygens (including phenoxy) is 4. The van der Waals surface area contributed by atoms with Gasteiger partial charge in [0.25, 0.3) is 0 Å². The molecular formula is C69H83Cl3F12N6O6. The fourth-order valence-corrected chi connectivity index (χ4v) is 12.1. The number of carbonyl (C=O) groups excluding carboxylic acids is 2. The number of nitrogen functional groups attached to an aromatic ring is 1. The maximum Gasteiger partial charge on any atom is 0.391 e. The van der Waals surface area contributed by atoms with Crippen LogP contribution in [0.5, 0.6) is 23.0 Å². The molecule has 0 spiro atoms. The summed E-state index contributed by atoms with van der Waals surface area (Å²) in [6.45, 7) is 11.8. The quantitative estimate of drug-likeness (QED) is 0.0504. The standard InChI is InChI=1S/C19H23F3N2O2.C16H19ClF3NO.C16H21F3N2O.C15H17ClF3NO.C3H3ClO/c1-4-17(25)24-16-11-14(18(26-3)12(2)23-16)8-5-13-6-9-15(10-7-13)19(20,21)22;1-10-15(22-2)12(9-14(17)21-10)6-3-11-4-7-13(8-5-11)16(18,19)20;1-10-15(22-2)12(9-14(20)21-10)6-3-11-4-7-13(8-5-11)16(17,18)19;1-21-13-9-20-14(16)8-11(13)5-2-10-3-6-12(7-4-10)15(17,18)19;1-2-3(4)5/h4-5,8,11,13,15H,1,6-7,9-10H2,2-3H3,(H,23,24,25);3,6,9,11,13H,4-5,7-8H2,1-2H3;3,6,9,11,13H,4-5,7-8H2,1-2H3,(H2,20,21);2,5,8-10,12H,3-4,6-7H2,1H3;2H,1H2/b8-5+;2*6-3+;5-2+;. The number of nitrogens with one attached hydrogen (secondary N) is 1. The molecule has 530 valence electrons. The first kappa shape index (κ1) is 81.6. The summed E-state index contributed by atoms with van der Waals surface area (Å²) in [5, 5.41) is 2.82. The van der Waals surface area contributed by atoms with Gasteiger partial charge in [-0.2, -0.15) is 52.7 Å². The van der Waals surface area contributed by atoms with E-state index in [4.69, 9.17) is 59.5 Å². The molecule has 12 nitrogen and oxygen atoms in total. The molecule has 4 fully saturated rings. The van der Waals surface area contributed by atoms with Crippen molar-refractivity contribution in [3.63, 3.8) is 0 Å². The van der Waals surface area contributed by atoms with Gasteiger partial charge in [0, 0.05) is 22.3 Å². The molecule has 0 atom stereocenters. The van der Waals surface area contributed by atoms with E-state index in [0.29, 0.717) is 113 Å². The third-order valence-corrected chi connectivity index (χ3v) is 17.5. The first-order valence-corrected chi connectivity index (χ1v) is 32.2. The molecule has 4 aliphatic rings. The second-order valence-corrected chi connectivity index (χ2v) is 24.8. The zero-order valence-electron chi connectivity index (χ0n) is 54.5. The predicted molar refractivity (Wildman–Crippen MR) is 354 cm³/mol. The zero-order valence-corrected chi connectivity index (χ0v) is 56.8. The van der Waals surface area contributed by atoms with Gasteiger partial charge in [-0.15, -0.1) is 0 Å². The lowest BCUT2D eigenvalue weighted by atomic mass is 9.81. The molecule has 1 amide bonds. The number of halogens is 15. The molecular weight excluding hydrogens is 1340 g/mol. The molecule has 4 heterocycles. The molecule has 96 heavy (non-hydrogen) atoms. The molecule has 4 saturated carbocycles. The Hall–Kier alpha value is -6.79. The Morgan fingerprint density at radius 3 is 1.11 bits per heavy atom. The summed E-state index contributed by atoms with van der Waals surface area (Å²) in [6.07, 6.45) is 8.54. The molecule has 0 saturated heterocycles. The Bertz CT molecular complexity index is 3190. The van der Waals surface area contributed by atoms with Gasteiger partial charge in [-0.25, -0.2) is 19.9 Å². The third-order valence-electron chi connectivity index (χ3n) is 16.9. The van der Waals surface area contributed by atoms with Gasteiger partial charge in [-0.3, -0.25) is 9.59 Å². The molecule has 8 rings (SSSR count). The fraction of sp³-hybridized carbons (Fsp3) is 0.507. The smallest absolute Gasteiger partial charge is 0.391 e. The highest BCUT2D eigenvalue weighted by molar-refractivity contribution is 6.66. The highest BCUT2D eigenvalue weighted by atomic mass is 35.5. The van der Waals surface area contributed by atoms with E-state index in [1.807, 2.05) is 48.6 Å². The van der Waals surface area contributed by atoms with Crippen LogP contribution in [0, 0.1) is 68.1 Å². The van der Waals surface area contributed by atoms with Crippen LogP contribution in [0.4, 0.5) is 64.3 Å². The number of amides is 1. The first-order valence-electron chi connectivity index (χ1n) is 31.1. The number of rotatable bonds is 15. The van der Waals surface area contributed by atoms with Crippen LogP contribution in [0.2, 0.25) is 10.3 Å². The SMILES string of the molecule is C=CC(=O)Cl.C=CC(=O)Nc1cc(/C=C/C2CCC(C(F)(F)F)CC2)c(OC)c(C)n1.COc1c(/C=C/C2CCC(C(F)(F)F)CC2)cc(Cl)nc1C.COc1c(/C=C/C2CCC(C(F)(F)F)CC2)cc(N)nc1C.COc1cnc(Cl)cc1/C=C/C1CCC(C(F)(F)F)CC1. The lowest BCUT2D eigenvalue weighted by Crippen LogP contribution is -2.27. The van der Waals surface area contributed by atoms with Crippen molar-refractivity contribution < 1.29 is 81.2 Å². The number of aromatic nitrogens is 4. The Morgan fingerprint density at radius 1 is 0.479 bits per heavy atom. The largest absolute Gasteiger partial charge is 0.495 e. The van der Waals surface area contributed by atoms with Crippen LogP contribution in [-0.4, -0.2) is 84.2 Å². The Morgan fingerprint density at radius 2 is 0.792 bits per heavy atom. The van der Waals surface area contributed by atoms with E-state index in [1.165, 1.54) is 20.4 Å². The third kappa shape index (κ3) is 27.3. The van der Waals surface area contributed by atoms with E-state index < -0.39 is 53.6 Å². The molecule has 0 aliphatic heterocycles. The van der Waals surface area contributed by atoms with Gasteiger partial charge in [0.15, 0.2) is 0 Å². The van der Waals surface area contributed by atoms with Crippen molar-refractivity contribution in [3.05, 3.63) is 130 Å². The van der Waals surface area contributed by atoms with E-state index in [0.717, 1.165) is 34.4 Å².